The fraction of sp³-hybridized carbons (Fsp3) is 0.269. The first kappa shape index (κ1) is 22.3. The predicted octanol–water partition coefficient (Wildman–Crippen LogP) is 6.24. The lowest BCUT2D eigenvalue weighted by molar-refractivity contribution is -0.120. The standard InChI is InChI=1S/C26H27N3O4/c1-17(2)12-13-29-23-11-10-20(32-3)15-22(23)25(26(29)31)28-27-24(30)16-33-21-9-8-18-6-4-5-7-19(18)14-21/h4-11,14-15,17,31H,12-13,16H2,1-3H3. The average Bonchev–Trinajstić information content (AvgIpc) is 3.09. The maximum absolute atomic E-state index is 12.3. The van der Waals surface area contributed by atoms with Crippen LogP contribution in [0.4, 0.5) is 5.69 Å². The molecule has 0 atom stereocenters. The van der Waals surface area contributed by atoms with Gasteiger partial charge in [-0.3, -0.25) is 4.79 Å². The molecule has 0 bridgehead atoms. The number of benzene rings is 3. The molecule has 0 unspecified atom stereocenters. The van der Waals surface area contributed by atoms with E-state index in [0.717, 1.165) is 22.7 Å². The van der Waals surface area contributed by atoms with Gasteiger partial charge in [0.15, 0.2) is 12.3 Å². The molecule has 0 spiro atoms. The number of carbonyl (C=O) groups is 1. The Morgan fingerprint density at radius 2 is 1.79 bits per heavy atom. The maximum atomic E-state index is 12.3. The van der Waals surface area contributed by atoms with Gasteiger partial charge in [0.1, 0.15) is 11.5 Å². The van der Waals surface area contributed by atoms with Crippen molar-refractivity contribution in [1.29, 1.82) is 0 Å². The van der Waals surface area contributed by atoms with E-state index >= 15 is 0 Å². The van der Waals surface area contributed by atoms with Crippen LogP contribution in [0, 0.1) is 5.92 Å². The van der Waals surface area contributed by atoms with Gasteiger partial charge >= 0.3 is 5.91 Å². The lowest BCUT2D eigenvalue weighted by Gasteiger charge is -2.09. The number of methoxy groups -OCH3 is 1. The van der Waals surface area contributed by atoms with E-state index in [4.69, 9.17) is 9.47 Å². The molecule has 4 aromatic rings. The van der Waals surface area contributed by atoms with E-state index in [1.165, 1.54) is 0 Å². The zero-order chi connectivity index (χ0) is 23.4. The van der Waals surface area contributed by atoms with Gasteiger partial charge < -0.3 is 19.1 Å². The van der Waals surface area contributed by atoms with Crippen molar-refractivity contribution >= 4 is 33.3 Å². The van der Waals surface area contributed by atoms with Gasteiger partial charge in [0.05, 0.1) is 12.6 Å². The second-order valence-electron chi connectivity index (χ2n) is 8.28. The summed E-state index contributed by atoms with van der Waals surface area (Å²) in [5, 5.41) is 21.5. The van der Waals surface area contributed by atoms with Crippen molar-refractivity contribution in [3.8, 4) is 17.4 Å². The highest BCUT2D eigenvalue weighted by Gasteiger charge is 2.18. The zero-order valence-corrected chi connectivity index (χ0v) is 19.0. The van der Waals surface area contributed by atoms with E-state index in [1.807, 2.05) is 54.6 Å². The lowest BCUT2D eigenvalue weighted by Crippen LogP contribution is -2.07. The van der Waals surface area contributed by atoms with E-state index < -0.39 is 5.91 Å². The molecular weight excluding hydrogens is 418 g/mol. The fourth-order valence-corrected chi connectivity index (χ4v) is 3.68. The molecule has 7 nitrogen and oxygen atoms in total. The van der Waals surface area contributed by atoms with Gasteiger partial charge in [-0.2, -0.15) is 0 Å². The Labute approximate surface area is 192 Å². The fourth-order valence-electron chi connectivity index (χ4n) is 3.68. The number of ether oxygens (including phenoxy) is 2. The maximum Gasteiger partial charge on any atom is 0.302 e. The number of rotatable bonds is 8. The molecule has 1 amide bonds. The Bertz CT molecular complexity index is 1320. The number of aromatic hydroxyl groups is 1. The first-order chi connectivity index (χ1) is 16.0. The molecule has 1 N–H and O–H groups in total. The van der Waals surface area contributed by atoms with E-state index in [9.17, 15) is 9.90 Å². The van der Waals surface area contributed by atoms with Crippen LogP contribution in [0.1, 0.15) is 20.3 Å². The zero-order valence-electron chi connectivity index (χ0n) is 19.0. The number of hydrogen-bond donors (Lipinski definition) is 1. The summed E-state index contributed by atoms with van der Waals surface area (Å²) >= 11 is 0. The molecule has 1 aromatic heterocycles. The number of carbonyl (C=O) groups excluding carboxylic acids is 1. The molecule has 0 aliphatic carbocycles. The quantitative estimate of drug-likeness (QED) is 0.325. The van der Waals surface area contributed by atoms with Crippen LogP contribution in [0.5, 0.6) is 17.4 Å². The minimum atomic E-state index is -0.548. The number of azo groups is 1. The Hall–Kier alpha value is -3.87. The molecule has 0 saturated carbocycles. The van der Waals surface area contributed by atoms with E-state index in [1.54, 1.807) is 17.7 Å². The van der Waals surface area contributed by atoms with Crippen LogP contribution in [0.2, 0.25) is 0 Å². The number of nitrogens with zero attached hydrogens (tertiary/aromatic N) is 3. The summed E-state index contributed by atoms with van der Waals surface area (Å²) in [4.78, 5) is 12.3. The second-order valence-corrected chi connectivity index (χ2v) is 8.28. The number of hydrogen-bond acceptors (Lipinski definition) is 5. The Morgan fingerprint density at radius 3 is 2.55 bits per heavy atom. The van der Waals surface area contributed by atoms with Crippen molar-refractivity contribution in [2.24, 2.45) is 16.1 Å². The molecule has 0 saturated heterocycles. The van der Waals surface area contributed by atoms with Crippen molar-refractivity contribution in [1.82, 2.24) is 4.57 Å². The molecule has 33 heavy (non-hydrogen) atoms. The number of aryl methyl sites for hydroxylation is 1. The number of amides is 1. The second kappa shape index (κ2) is 9.73. The molecule has 3 aromatic carbocycles. The Morgan fingerprint density at radius 1 is 1.03 bits per heavy atom. The van der Waals surface area contributed by atoms with Crippen LogP contribution in [0.3, 0.4) is 0 Å². The first-order valence-corrected chi connectivity index (χ1v) is 10.9. The van der Waals surface area contributed by atoms with Gasteiger partial charge in [-0.15, -0.1) is 10.2 Å². The summed E-state index contributed by atoms with van der Waals surface area (Å²) in [6, 6.07) is 19.0. The van der Waals surface area contributed by atoms with Crippen molar-refractivity contribution in [2.45, 2.75) is 26.8 Å². The highest BCUT2D eigenvalue weighted by Crippen LogP contribution is 2.40. The lowest BCUT2D eigenvalue weighted by atomic mass is 10.1. The van der Waals surface area contributed by atoms with Gasteiger partial charge in [0, 0.05) is 11.9 Å². The molecule has 0 aliphatic rings. The molecular formula is C26H27N3O4. The van der Waals surface area contributed by atoms with Crippen LogP contribution in [-0.2, 0) is 11.3 Å². The number of fused-ring (bicyclic) bond motifs is 2. The summed E-state index contributed by atoms with van der Waals surface area (Å²) in [7, 11) is 1.58. The van der Waals surface area contributed by atoms with Gasteiger partial charge in [-0.05, 0) is 53.4 Å². The van der Waals surface area contributed by atoms with Gasteiger partial charge in [-0.25, -0.2) is 0 Å². The van der Waals surface area contributed by atoms with Crippen LogP contribution in [0.15, 0.2) is 70.9 Å². The number of aromatic nitrogens is 1. The minimum Gasteiger partial charge on any atom is -0.497 e. The highest BCUT2D eigenvalue weighted by molar-refractivity contribution is 5.96. The topological polar surface area (TPSA) is 85.4 Å². The van der Waals surface area contributed by atoms with Crippen molar-refractivity contribution in [2.75, 3.05) is 13.7 Å². The van der Waals surface area contributed by atoms with Crippen molar-refractivity contribution in [3.63, 3.8) is 0 Å². The predicted molar refractivity (Wildman–Crippen MR) is 129 cm³/mol. The summed E-state index contributed by atoms with van der Waals surface area (Å²) in [6.45, 7) is 4.62. The third kappa shape index (κ3) is 4.98. The molecule has 0 fully saturated rings. The van der Waals surface area contributed by atoms with E-state index in [-0.39, 0.29) is 18.2 Å². The average molecular weight is 446 g/mol. The van der Waals surface area contributed by atoms with E-state index in [0.29, 0.717) is 29.3 Å². The molecule has 4 rings (SSSR count). The highest BCUT2D eigenvalue weighted by atomic mass is 16.5. The third-order valence-electron chi connectivity index (χ3n) is 5.49. The van der Waals surface area contributed by atoms with Crippen molar-refractivity contribution < 1.29 is 19.4 Å². The smallest absolute Gasteiger partial charge is 0.302 e. The van der Waals surface area contributed by atoms with Gasteiger partial charge in [0.25, 0.3) is 0 Å². The van der Waals surface area contributed by atoms with Crippen LogP contribution >= 0.6 is 0 Å². The van der Waals surface area contributed by atoms with Gasteiger partial charge in [0.2, 0.25) is 5.88 Å². The third-order valence-corrected chi connectivity index (χ3v) is 5.49. The largest absolute Gasteiger partial charge is 0.497 e. The normalized spacial score (nSPS) is 11.6. The summed E-state index contributed by atoms with van der Waals surface area (Å²) in [5.41, 5.74) is 1.05. The van der Waals surface area contributed by atoms with Gasteiger partial charge in [-0.1, -0.05) is 44.2 Å². The van der Waals surface area contributed by atoms with Crippen LogP contribution in [-0.4, -0.2) is 29.3 Å². The first-order valence-electron chi connectivity index (χ1n) is 10.9. The van der Waals surface area contributed by atoms with E-state index in [2.05, 4.69) is 24.1 Å². The molecule has 170 valence electrons. The van der Waals surface area contributed by atoms with Crippen LogP contribution in [0.25, 0.3) is 21.7 Å². The summed E-state index contributed by atoms with van der Waals surface area (Å²) in [6.07, 6.45) is 0.887. The SMILES string of the molecule is COc1ccc2c(c1)c(N=NC(=O)COc1ccc3ccccc3c1)c(O)n2CCC(C)C. The summed E-state index contributed by atoms with van der Waals surface area (Å²) < 4.78 is 12.7. The summed E-state index contributed by atoms with van der Waals surface area (Å²) in [5.74, 6) is 1.11. The van der Waals surface area contributed by atoms with Crippen molar-refractivity contribution in [3.05, 3.63) is 60.7 Å². The Kier molecular flexibility index (Phi) is 6.58. The molecule has 1 heterocycles. The molecule has 0 radical (unpaired) electrons. The minimum absolute atomic E-state index is 0.0223. The molecule has 7 heteroatoms. The van der Waals surface area contributed by atoms with Crippen LogP contribution < -0.4 is 9.47 Å². The Balaban J connectivity index is 1.54. The monoisotopic (exact) mass is 445 g/mol. The molecule has 0 aliphatic heterocycles.